The average Bonchev–Trinajstić information content (AvgIpc) is 2.65. The van der Waals surface area contributed by atoms with Crippen molar-refractivity contribution in [3.63, 3.8) is 0 Å². The monoisotopic (exact) mass is 353 g/mol. The van der Waals surface area contributed by atoms with Gasteiger partial charge in [0.25, 0.3) is 10.0 Å². The predicted octanol–water partition coefficient (Wildman–Crippen LogP) is 2.70. The first-order valence-corrected chi connectivity index (χ1v) is 9.01. The number of halogens is 1. The maximum absolute atomic E-state index is 12.5. The highest BCUT2D eigenvalue weighted by Gasteiger charge is 2.30. The van der Waals surface area contributed by atoms with E-state index in [2.05, 4.69) is 15.9 Å². The van der Waals surface area contributed by atoms with Gasteiger partial charge in [0.1, 0.15) is 4.21 Å². The van der Waals surface area contributed by atoms with Gasteiger partial charge in [0.15, 0.2) is 0 Å². The van der Waals surface area contributed by atoms with E-state index in [4.69, 9.17) is 4.74 Å². The van der Waals surface area contributed by atoms with Crippen LogP contribution in [0.15, 0.2) is 20.1 Å². The summed E-state index contributed by atoms with van der Waals surface area (Å²) in [5.41, 5.74) is 0. The Labute approximate surface area is 120 Å². The molecule has 1 unspecified atom stereocenters. The lowest BCUT2D eigenvalue weighted by atomic mass is 10.3. The molecule has 1 fully saturated rings. The van der Waals surface area contributed by atoms with Crippen LogP contribution >= 0.6 is 27.3 Å². The molecule has 1 saturated heterocycles. The molecule has 4 nitrogen and oxygen atoms in total. The molecule has 2 rings (SSSR count). The minimum atomic E-state index is -3.39. The van der Waals surface area contributed by atoms with Crippen molar-refractivity contribution in [2.24, 2.45) is 0 Å². The Balaban J connectivity index is 2.26. The third kappa shape index (κ3) is 2.96. The topological polar surface area (TPSA) is 46.6 Å². The van der Waals surface area contributed by atoms with E-state index in [1.165, 1.54) is 11.3 Å². The van der Waals surface area contributed by atoms with Gasteiger partial charge in [-0.15, -0.1) is 11.3 Å². The van der Waals surface area contributed by atoms with E-state index >= 15 is 0 Å². The molecule has 102 valence electrons. The number of rotatable bonds is 3. The normalized spacial score (nSPS) is 22.9. The highest BCUT2D eigenvalue weighted by molar-refractivity contribution is 9.10. The summed E-state index contributed by atoms with van der Waals surface area (Å²) in [6.07, 6.45) is 1.58. The van der Waals surface area contributed by atoms with Crippen molar-refractivity contribution in [1.82, 2.24) is 4.31 Å². The molecule has 0 N–H and O–H groups in total. The van der Waals surface area contributed by atoms with E-state index in [0.29, 0.717) is 28.4 Å². The second-order valence-electron chi connectivity index (χ2n) is 4.17. The van der Waals surface area contributed by atoms with Gasteiger partial charge in [-0.1, -0.05) is 6.92 Å². The molecule has 1 atom stereocenters. The SMILES string of the molecule is CCC1CN(S(=O)(=O)c2sccc2Br)CCCO1. The lowest BCUT2D eigenvalue weighted by Crippen LogP contribution is -2.36. The zero-order chi connectivity index (χ0) is 13.2. The minimum absolute atomic E-state index is 0.000938. The first-order chi connectivity index (χ1) is 8.55. The van der Waals surface area contributed by atoms with E-state index < -0.39 is 10.0 Å². The van der Waals surface area contributed by atoms with Crippen molar-refractivity contribution in [2.75, 3.05) is 19.7 Å². The van der Waals surface area contributed by atoms with Crippen molar-refractivity contribution in [2.45, 2.75) is 30.1 Å². The van der Waals surface area contributed by atoms with Crippen LogP contribution in [-0.4, -0.2) is 38.5 Å². The number of sulfonamides is 1. The van der Waals surface area contributed by atoms with Crippen LogP contribution in [0, 0.1) is 0 Å². The molecule has 0 aliphatic carbocycles. The predicted molar refractivity (Wildman–Crippen MR) is 75.4 cm³/mol. The summed E-state index contributed by atoms with van der Waals surface area (Å²) in [6.45, 7) is 3.63. The molecule has 0 aromatic carbocycles. The van der Waals surface area contributed by atoms with E-state index in [9.17, 15) is 8.42 Å². The molecular formula is C11H16BrNO3S2. The van der Waals surface area contributed by atoms with Gasteiger partial charge in [0.05, 0.1) is 6.10 Å². The number of thiophene rings is 1. The Morgan fingerprint density at radius 3 is 3.00 bits per heavy atom. The molecule has 7 heteroatoms. The molecule has 1 aliphatic heterocycles. The van der Waals surface area contributed by atoms with Gasteiger partial charge in [0, 0.05) is 24.2 Å². The van der Waals surface area contributed by atoms with Crippen LogP contribution in [0.3, 0.4) is 0 Å². The Hall–Kier alpha value is 0.0500. The summed E-state index contributed by atoms with van der Waals surface area (Å²) in [4.78, 5) is 0. The van der Waals surface area contributed by atoms with Gasteiger partial charge < -0.3 is 4.74 Å². The Kier molecular flexibility index (Phi) is 4.82. The molecule has 2 heterocycles. The molecule has 0 saturated carbocycles. The number of ether oxygens (including phenoxy) is 1. The van der Waals surface area contributed by atoms with Crippen LogP contribution in [0.2, 0.25) is 0 Å². The van der Waals surface area contributed by atoms with Crippen molar-refractivity contribution >= 4 is 37.3 Å². The molecule has 0 spiro atoms. The Morgan fingerprint density at radius 1 is 1.61 bits per heavy atom. The van der Waals surface area contributed by atoms with E-state index in [-0.39, 0.29) is 6.10 Å². The largest absolute Gasteiger partial charge is 0.377 e. The van der Waals surface area contributed by atoms with E-state index in [1.54, 1.807) is 15.8 Å². The van der Waals surface area contributed by atoms with Gasteiger partial charge in [0.2, 0.25) is 0 Å². The van der Waals surface area contributed by atoms with E-state index in [0.717, 1.165) is 12.8 Å². The summed E-state index contributed by atoms with van der Waals surface area (Å²) in [5, 5.41) is 1.78. The molecule has 18 heavy (non-hydrogen) atoms. The second kappa shape index (κ2) is 6.00. The van der Waals surface area contributed by atoms with Gasteiger partial charge in [-0.2, -0.15) is 4.31 Å². The second-order valence-corrected chi connectivity index (χ2v) is 8.08. The van der Waals surface area contributed by atoms with Gasteiger partial charge >= 0.3 is 0 Å². The Bertz CT molecular complexity index is 500. The number of hydrogen-bond acceptors (Lipinski definition) is 4. The van der Waals surface area contributed by atoms with Crippen molar-refractivity contribution in [3.05, 3.63) is 15.9 Å². The zero-order valence-corrected chi connectivity index (χ0v) is 13.4. The van der Waals surface area contributed by atoms with Crippen LogP contribution in [0.4, 0.5) is 0 Å². The fourth-order valence-electron chi connectivity index (χ4n) is 1.91. The lowest BCUT2D eigenvalue weighted by Gasteiger charge is -2.22. The van der Waals surface area contributed by atoms with Crippen LogP contribution in [0.1, 0.15) is 19.8 Å². The fourth-order valence-corrected chi connectivity index (χ4v) is 5.87. The number of hydrogen-bond donors (Lipinski definition) is 0. The molecule has 1 aromatic heterocycles. The quantitative estimate of drug-likeness (QED) is 0.839. The first-order valence-electron chi connectivity index (χ1n) is 5.90. The maximum Gasteiger partial charge on any atom is 0.253 e. The average molecular weight is 354 g/mol. The van der Waals surface area contributed by atoms with Crippen molar-refractivity contribution in [3.8, 4) is 0 Å². The summed E-state index contributed by atoms with van der Waals surface area (Å²) >= 11 is 4.54. The van der Waals surface area contributed by atoms with Crippen LogP contribution < -0.4 is 0 Å². The number of nitrogens with zero attached hydrogens (tertiary/aromatic N) is 1. The smallest absolute Gasteiger partial charge is 0.253 e. The summed E-state index contributed by atoms with van der Waals surface area (Å²) in [7, 11) is -3.39. The lowest BCUT2D eigenvalue weighted by molar-refractivity contribution is 0.0593. The molecular weight excluding hydrogens is 338 g/mol. The molecule has 0 bridgehead atoms. The standard InChI is InChI=1S/C11H16BrNO3S2/c1-2-9-8-13(5-3-6-16-9)18(14,15)11-10(12)4-7-17-11/h4,7,9H,2-3,5-6,8H2,1H3. The molecule has 1 aromatic rings. The van der Waals surface area contributed by atoms with Crippen LogP contribution in [-0.2, 0) is 14.8 Å². The van der Waals surface area contributed by atoms with E-state index in [1.807, 2.05) is 6.92 Å². The molecule has 0 radical (unpaired) electrons. The van der Waals surface area contributed by atoms with Crippen molar-refractivity contribution in [1.29, 1.82) is 0 Å². The molecule has 1 aliphatic rings. The molecule has 0 amide bonds. The summed E-state index contributed by atoms with van der Waals surface area (Å²) in [5.74, 6) is 0. The van der Waals surface area contributed by atoms with Gasteiger partial charge in [-0.25, -0.2) is 8.42 Å². The summed E-state index contributed by atoms with van der Waals surface area (Å²) < 4.78 is 33.3. The third-order valence-electron chi connectivity index (χ3n) is 2.93. The van der Waals surface area contributed by atoms with Crippen LogP contribution in [0.5, 0.6) is 0 Å². The summed E-state index contributed by atoms with van der Waals surface area (Å²) in [6, 6.07) is 1.77. The van der Waals surface area contributed by atoms with Crippen molar-refractivity contribution < 1.29 is 13.2 Å². The highest BCUT2D eigenvalue weighted by atomic mass is 79.9. The highest BCUT2D eigenvalue weighted by Crippen LogP contribution is 2.31. The fraction of sp³-hybridized carbons (Fsp3) is 0.636. The first kappa shape index (κ1) is 14.5. The third-order valence-corrected chi connectivity index (χ3v) is 7.44. The Morgan fingerprint density at radius 2 is 2.39 bits per heavy atom. The minimum Gasteiger partial charge on any atom is -0.377 e. The van der Waals surface area contributed by atoms with Gasteiger partial charge in [-0.3, -0.25) is 0 Å². The maximum atomic E-state index is 12.5. The zero-order valence-electron chi connectivity index (χ0n) is 10.1. The van der Waals surface area contributed by atoms with Crippen LogP contribution in [0.25, 0.3) is 0 Å². The van der Waals surface area contributed by atoms with Gasteiger partial charge in [-0.05, 0) is 40.2 Å².